The third kappa shape index (κ3) is 2.33. The van der Waals surface area contributed by atoms with Crippen LogP contribution in [0.25, 0.3) is 11.1 Å². The third-order valence-electron chi connectivity index (χ3n) is 2.33. The van der Waals surface area contributed by atoms with Crippen molar-refractivity contribution in [1.29, 1.82) is 0 Å². The summed E-state index contributed by atoms with van der Waals surface area (Å²) < 4.78 is 0.797. The standard InChI is InChI=1S/C12H7BrClNO2/c13-10-6-2-1-4-8(10)9-5-3-7-11(14)12(9)15(16)17/h1-7H. The van der Waals surface area contributed by atoms with E-state index in [2.05, 4.69) is 15.9 Å². The number of hydrogen-bond donors (Lipinski definition) is 0. The van der Waals surface area contributed by atoms with Gasteiger partial charge in [0.05, 0.1) is 10.5 Å². The van der Waals surface area contributed by atoms with Crippen molar-refractivity contribution < 1.29 is 4.92 Å². The second kappa shape index (κ2) is 4.85. The fourth-order valence-corrected chi connectivity index (χ4v) is 2.34. The van der Waals surface area contributed by atoms with Crippen molar-refractivity contribution in [2.75, 3.05) is 0 Å². The van der Waals surface area contributed by atoms with Crippen molar-refractivity contribution >= 4 is 33.2 Å². The van der Waals surface area contributed by atoms with Crippen molar-refractivity contribution in [2.45, 2.75) is 0 Å². The summed E-state index contributed by atoms with van der Waals surface area (Å²) in [6.45, 7) is 0. The summed E-state index contributed by atoms with van der Waals surface area (Å²) in [7, 11) is 0. The second-order valence-corrected chi connectivity index (χ2v) is 4.63. The largest absolute Gasteiger partial charge is 0.295 e. The van der Waals surface area contributed by atoms with E-state index in [1.165, 1.54) is 6.07 Å². The molecule has 2 aromatic carbocycles. The highest BCUT2D eigenvalue weighted by Gasteiger charge is 2.20. The molecule has 0 aromatic heterocycles. The molecular weight excluding hydrogens is 305 g/mol. The predicted octanol–water partition coefficient (Wildman–Crippen LogP) is 4.68. The van der Waals surface area contributed by atoms with Crippen LogP contribution in [-0.4, -0.2) is 4.92 Å². The van der Waals surface area contributed by atoms with Gasteiger partial charge in [0.15, 0.2) is 0 Å². The SMILES string of the molecule is O=[N+]([O-])c1c(Cl)cccc1-c1ccccc1Br. The van der Waals surface area contributed by atoms with Crippen LogP contribution in [0.3, 0.4) is 0 Å². The minimum atomic E-state index is -0.461. The molecule has 0 bridgehead atoms. The fourth-order valence-electron chi connectivity index (χ4n) is 1.60. The molecule has 0 heterocycles. The Kier molecular flexibility index (Phi) is 3.45. The van der Waals surface area contributed by atoms with E-state index in [-0.39, 0.29) is 10.7 Å². The number of benzene rings is 2. The van der Waals surface area contributed by atoms with Crippen LogP contribution in [0.5, 0.6) is 0 Å². The van der Waals surface area contributed by atoms with Crippen LogP contribution in [0.4, 0.5) is 5.69 Å². The zero-order valence-electron chi connectivity index (χ0n) is 8.56. The van der Waals surface area contributed by atoms with Gasteiger partial charge in [0.2, 0.25) is 0 Å². The molecule has 0 spiro atoms. The highest BCUT2D eigenvalue weighted by molar-refractivity contribution is 9.10. The monoisotopic (exact) mass is 311 g/mol. The summed E-state index contributed by atoms with van der Waals surface area (Å²) >= 11 is 9.24. The van der Waals surface area contributed by atoms with Crippen LogP contribution < -0.4 is 0 Å². The van der Waals surface area contributed by atoms with Crippen molar-refractivity contribution in [3.05, 3.63) is 62.1 Å². The highest BCUT2D eigenvalue weighted by Crippen LogP contribution is 2.38. The van der Waals surface area contributed by atoms with Gasteiger partial charge in [-0.2, -0.15) is 0 Å². The van der Waals surface area contributed by atoms with Crippen LogP contribution in [0.15, 0.2) is 46.9 Å². The zero-order valence-corrected chi connectivity index (χ0v) is 10.9. The highest BCUT2D eigenvalue weighted by atomic mass is 79.9. The molecule has 0 N–H and O–H groups in total. The molecule has 0 aliphatic carbocycles. The maximum absolute atomic E-state index is 11.0. The summed E-state index contributed by atoms with van der Waals surface area (Å²) in [6, 6.07) is 12.2. The zero-order chi connectivity index (χ0) is 12.4. The Morgan fingerprint density at radius 1 is 1.06 bits per heavy atom. The summed E-state index contributed by atoms with van der Waals surface area (Å²) in [5, 5.41) is 11.2. The molecule has 0 saturated carbocycles. The van der Waals surface area contributed by atoms with Crippen LogP contribution in [0.2, 0.25) is 5.02 Å². The van der Waals surface area contributed by atoms with E-state index < -0.39 is 4.92 Å². The second-order valence-electron chi connectivity index (χ2n) is 3.37. The minimum absolute atomic E-state index is 0.0685. The van der Waals surface area contributed by atoms with Gasteiger partial charge in [-0.1, -0.05) is 51.8 Å². The topological polar surface area (TPSA) is 43.1 Å². The Hall–Kier alpha value is -1.39. The molecule has 0 saturated heterocycles. The van der Waals surface area contributed by atoms with Gasteiger partial charge in [-0.15, -0.1) is 0 Å². The van der Waals surface area contributed by atoms with E-state index in [0.717, 1.165) is 10.0 Å². The normalized spacial score (nSPS) is 10.2. The minimum Gasteiger partial charge on any atom is -0.258 e. The number of para-hydroxylation sites is 1. The molecule has 0 amide bonds. The first-order chi connectivity index (χ1) is 8.11. The number of rotatable bonds is 2. The van der Waals surface area contributed by atoms with Crippen LogP contribution in [0.1, 0.15) is 0 Å². The predicted molar refractivity (Wildman–Crippen MR) is 71.2 cm³/mol. The molecule has 17 heavy (non-hydrogen) atoms. The maximum Gasteiger partial charge on any atom is 0.295 e. The maximum atomic E-state index is 11.0. The number of nitro groups is 1. The van der Waals surface area contributed by atoms with E-state index >= 15 is 0 Å². The lowest BCUT2D eigenvalue weighted by Gasteiger charge is -2.06. The molecule has 0 fully saturated rings. The molecule has 0 radical (unpaired) electrons. The lowest BCUT2D eigenvalue weighted by Crippen LogP contribution is -1.93. The number of nitro benzene ring substituents is 1. The molecule has 86 valence electrons. The van der Waals surface area contributed by atoms with Crippen LogP contribution in [-0.2, 0) is 0 Å². The van der Waals surface area contributed by atoms with Gasteiger partial charge < -0.3 is 0 Å². The number of hydrogen-bond acceptors (Lipinski definition) is 2. The van der Waals surface area contributed by atoms with Gasteiger partial charge in [-0.3, -0.25) is 10.1 Å². The first-order valence-corrected chi connectivity index (χ1v) is 5.96. The molecule has 0 aliphatic heterocycles. The van der Waals surface area contributed by atoms with Crippen LogP contribution >= 0.6 is 27.5 Å². The number of nitrogens with zero attached hydrogens (tertiary/aromatic N) is 1. The molecule has 0 unspecified atom stereocenters. The van der Waals surface area contributed by atoms with Gasteiger partial charge in [0, 0.05) is 10.0 Å². The third-order valence-corrected chi connectivity index (χ3v) is 3.33. The molecule has 2 aromatic rings. The Bertz CT molecular complexity index is 586. The molecule has 3 nitrogen and oxygen atoms in total. The molecular formula is C12H7BrClNO2. The van der Waals surface area contributed by atoms with Crippen molar-refractivity contribution in [3.63, 3.8) is 0 Å². The van der Waals surface area contributed by atoms with E-state index in [1.54, 1.807) is 12.1 Å². The molecule has 0 aliphatic rings. The van der Waals surface area contributed by atoms with Gasteiger partial charge in [0.1, 0.15) is 5.02 Å². The average Bonchev–Trinajstić information content (AvgIpc) is 2.28. The molecule has 0 atom stereocenters. The first-order valence-electron chi connectivity index (χ1n) is 4.79. The summed E-state index contributed by atoms with van der Waals surface area (Å²) in [4.78, 5) is 10.6. The molecule has 2 rings (SSSR count). The quantitative estimate of drug-likeness (QED) is 0.597. The summed E-state index contributed by atoms with van der Waals surface area (Å²) in [5.41, 5.74) is 1.19. The van der Waals surface area contributed by atoms with Gasteiger partial charge in [-0.25, -0.2) is 0 Å². The van der Waals surface area contributed by atoms with E-state index in [9.17, 15) is 10.1 Å². The lowest BCUT2D eigenvalue weighted by atomic mass is 10.0. The van der Waals surface area contributed by atoms with Crippen molar-refractivity contribution in [1.82, 2.24) is 0 Å². The Balaban J connectivity index is 2.72. The van der Waals surface area contributed by atoms with Gasteiger partial charge in [0.25, 0.3) is 5.69 Å². The Morgan fingerprint density at radius 2 is 1.71 bits per heavy atom. The van der Waals surface area contributed by atoms with E-state index in [4.69, 9.17) is 11.6 Å². The van der Waals surface area contributed by atoms with Crippen molar-refractivity contribution in [3.8, 4) is 11.1 Å². The lowest BCUT2D eigenvalue weighted by molar-refractivity contribution is -0.384. The first kappa shape index (κ1) is 12.1. The van der Waals surface area contributed by atoms with E-state index in [1.807, 2.05) is 24.3 Å². The fraction of sp³-hybridized carbons (Fsp3) is 0. The summed E-state index contributed by atoms with van der Waals surface area (Å²) in [5.74, 6) is 0. The van der Waals surface area contributed by atoms with Gasteiger partial charge >= 0.3 is 0 Å². The van der Waals surface area contributed by atoms with E-state index in [0.29, 0.717) is 5.56 Å². The average molecular weight is 313 g/mol. The smallest absolute Gasteiger partial charge is 0.258 e. The Labute approximate surface area is 111 Å². The Morgan fingerprint density at radius 3 is 2.35 bits per heavy atom. The van der Waals surface area contributed by atoms with Gasteiger partial charge in [-0.05, 0) is 18.2 Å². The summed E-state index contributed by atoms with van der Waals surface area (Å²) in [6.07, 6.45) is 0. The van der Waals surface area contributed by atoms with Crippen LogP contribution in [0, 0.1) is 10.1 Å². The van der Waals surface area contributed by atoms with Crippen molar-refractivity contribution in [2.24, 2.45) is 0 Å². The number of halogens is 2. The molecule has 5 heteroatoms.